The number of aryl methyl sites for hydroxylation is 1. The standard InChI is InChI=1S/C12H22N6O/c1-5-6-9-16-10(7(2)11(17-9)18-13)15-8(3)12(19)14-4/h8H,5-6,13H2,1-4H3,(H,14,19)(H2,15,16,17,18). The number of hydrogen-bond donors (Lipinski definition) is 4. The van der Waals surface area contributed by atoms with Gasteiger partial charge in [-0.15, -0.1) is 0 Å². The number of rotatable bonds is 6. The second-order valence-corrected chi connectivity index (χ2v) is 4.34. The van der Waals surface area contributed by atoms with E-state index < -0.39 is 0 Å². The lowest BCUT2D eigenvalue weighted by atomic mass is 10.2. The van der Waals surface area contributed by atoms with E-state index in [0.29, 0.717) is 17.5 Å². The lowest BCUT2D eigenvalue weighted by Gasteiger charge is -2.17. The number of carbonyl (C=O) groups is 1. The van der Waals surface area contributed by atoms with Crippen LogP contribution < -0.4 is 21.9 Å². The van der Waals surface area contributed by atoms with Crippen LogP contribution in [-0.2, 0) is 11.2 Å². The van der Waals surface area contributed by atoms with Gasteiger partial charge in [0.15, 0.2) is 0 Å². The predicted molar refractivity (Wildman–Crippen MR) is 75.7 cm³/mol. The molecular weight excluding hydrogens is 244 g/mol. The van der Waals surface area contributed by atoms with Crippen molar-refractivity contribution in [3.63, 3.8) is 0 Å². The van der Waals surface area contributed by atoms with E-state index in [-0.39, 0.29) is 11.9 Å². The van der Waals surface area contributed by atoms with Gasteiger partial charge < -0.3 is 16.1 Å². The Morgan fingerprint density at radius 3 is 2.53 bits per heavy atom. The van der Waals surface area contributed by atoms with E-state index in [0.717, 1.165) is 18.4 Å². The van der Waals surface area contributed by atoms with E-state index in [1.54, 1.807) is 14.0 Å². The number of amides is 1. The molecule has 1 atom stereocenters. The normalized spacial score (nSPS) is 11.8. The maximum atomic E-state index is 11.5. The van der Waals surface area contributed by atoms with Gasteiger partial charge in [0.2, 0.25) is 5.91 Å². The largest absolute Gasteiger partial charge is 0.358 e. The molecule has 1 unspecified atom stereocenters. The first-order chi connectivity index (χ1) is 9.03. The number of nitrogens with zero attached hydrogens (tertiary/aromatic N) is 2. The van der Waals surface area contributed by atoms with Crippen molar-refractivity contribution in [3.05, 3.63) is 11.4 Å². The number of nitrogens with one attached hydrogen (secondary N) is 3. The molecule has 5 N–H and O–H groups in total. The van der Waals surface area contributed by atoms with Crippen LogP contribution in [0.25, 0.3) is 0 Å². The number of likely N-dealkylation sites (N-methyl/N-ethyl adjacent to an activating group) is 1. The minimum atomic E-state index is -0.376. The van der Waals surface area contributed by atoms with Gasteiger partial charge in [0.1, 0.15) is 23.5 Å². The van der Waals surface area contributed by atoms with Crippen LogP contribution in [0.4, 0.5) is 11.6 Å². The molecule has 19 heavy (non-hydrogen) atoms. The SMILES string of the molecule is CCCc1nc(NN)c(C)c(NC(C)C(=O)NC)n1. The first kappa shape index (κ1) is 15.2. The summed E-state index contributed by atoms with van der Waals surface area (Å²) in [5.41, 5.74) is 3.35. The molecular formula is C12H22N6O. The van der Waals surface area contributed by atoms with Crippen LogP contribution in [-0.4, -0.2) is 29.0 Å². The molecule has 0 aliphatic heterocycles. The highest BCUT2D eigenvalue weighted by molar-refractivity contribution is 5.84. The van der Waals surface area contributed by atoms with Crippen LogP contribution in [0.1, 0.15) is 31.7 Å². The number of aromatic nitrogens is 2. The van der Waals surface area contributed by atoms with Crippen LogP contribution in [0.2, 0.25) is 0 Å². The van der Waals surface area contributed by atoms with Crippen molar-refractivity contribution >= 4 is 17.5 Å². The second-order valence-electron chi connectivity index (χ2n) is 4.34. The quantitative estimate of drug-likeness (QED) is 0.443. The Kier molecular flexibility index (Phi) is 5.50. The summed E-state index contributed by atoms with van der Waals surface area (Å²) < 4.78 is 0. The Balaban J connectivity index is 3.04. The van der Waals surface area contributed by atoms with Crippen molar-refractivity contribution in [1.29, 1.82) is 0 Å². The molecule has 1 aromatic heterocycles. The van der Waals surface area contributed by atoms with Gasteiger partial charge in [-0.05, 0) is 20.3 Å². The lowest BCUT2D eigenvalue weighted by Crippen LogP contribution is -2.35. The van der Waals surface area contributed by atoms with Crippen molar-refractivity contribution < 1.29 is 4.79 Å². The third-order valence-corrected chi connectivity index (χ3v) is 2.80. The summed E-state index contributed by atoms with van der Waals surface area (Å²) in [5, 5.41) is 5.66. The number of nitrogen functional groups attached to an aromatic ring is 1. The smallest absolute Gasteiger partial charge is 0.241 e. The number of carbonyl (C=O) groups excluding carboxylic acids is 1. The van der Waals surface area contributed by atoms with Gasteiger partial charge in [-0.2, -0.15) is 0 Å². The van der Waals surface area contributed by atoms with E-state index in [4.69, 9.17) is 5.84 Å². The van der Waals surface area contributed by atoms with Gasteiger partial charge >= 0.3 is 0 Å². The highest BCUT2D eigenvalue weighted by atomic mass is 16.2. The van der Waals surface area contributed by atoms with Crippen molar-refractivity contribution in [2.24, 2.45) is 5.84 Å². The topological polar surface area (TPSA) is 105 Å². The van der Waals surface area contributed by atoms with Crippen molar-refractivity contribution in [2.45, 2.75) is 39.7 Å². The van der Waals surface area contributed by atoms with Crippen LogP contribution >= 0.6 is 0 Å². The monoisotopic (exact) mass is 266 g/mol. The molecule has 0 spiro atoms. The molecule has 0 radical (unpaired) electrons. The van der Waals surface area contributed by atoms with Crippen molar-refractivity contribution in [3.8, 4) is 0 Å². The van der Waals surface area contributed by atoms with Gasteiger partial charge in [0, 0.05) is 19.0 Å². The van der Waals surface area contributed by atoms with E-state index in [2.05, 4.69) is 33.0 Å². The zero-order valence-electron chi connectivity index (χ0n) is 11.9. The fourth-order valence-corrected chi connectivity index (χ4v) is 1.67. The molecule has 0 saturated carbocycles. The Bertz CT molecular complexity index is 448. The summed E-state index contributed by atoms with van der Waals surface area (Å²) in [5.74, 6) is 7.26. The molecule has 0 aliphatic carbocycles. The van der Waals surface area contributed by atoms with Crippen molar-refractivity contribution in [2.75, 3.05) is 17.8 Å². The summed E-state index contributed by atoms with van der Waals surface area (Å²) in [4.78, 5) is 20.3. The zero-order valence-corrected chi connectivity index (χ0v) is 11.9. The Morgan fingerprint density at radius 1 is 1.37 bits per heavy atom. The van der Waals surface area contributed by atoms with Crippen molar-refractivity contribution in [1.82, 2.24) is 15.3 Å². The Morgan fingerprint density at radius 2 is 2.00 bits per heavy atom. The minimum absolute atomic E-state index is 0.0997. The molecule has 1 heterocycles. The molecule has 7 nitrogen and oxygen atoms in total. The summed E-state index contributed by atoms with van der Waals surface area (Å²) in [6.07, 6.45) is 1.70. The first-order valence-corrected chi connectivity index (χ1v) is 6.35. The molecule has 106 valence electrons. The van der Waals surface area contributed by atoms with Gasteiger partial charge in [-0.3, -0.25) is 4.79 Å². The Labute approximate surface area is 113 Å². The van der Waals surface area contributed by atoms with E-state index >= 15 is 0 Å². The highest BCUT2D eigenvalue weighted by Crippen LogP contribution is 2.20. The van der Waals surface area contributed by atoms with E-state index in [1.807, 2.05) is 6.92 Å². The number of nitrogens with two attached hydrogens (primary N) is 1. The Hall–Kier alpha value is -1.89. The minimum Gasteiger partial charge on any atom is -0.358 e. The predicted octanol–water partition coefficient (Wildman–Crippen LogP) is 0.570. The van der Waals surface area contributed by atoms with Crippen LogP contribution in [0, 0.1) is 6.92 Å². The van der Waals surface area contributed by atoms with Gasteiger partial charge in [-0.1, -0.05) is 6.92 Å². The third-order valence-electron chi connectivity index (χ3n) is 2.80. The average molecular weight is 266 g/mol. The third kappa shape index (κ3) is 3.78. The number of hydrazine groups is 1. The number of hydrogen-bond acceptors (Lipinski definition) is 6. The van der Waals surface area contributed by atoms with Gasteiger partial charge in [0.25, 0.3) is 0 Å². The van der Waals surface area contributed by atoms with E-state index in [9.17, 15) is 4.79 Å². The molecule has 0 bridgehead atoms. The lowest BCUT2D eigenvalue weighted by molar-refractivity contribution is -0.121. The fourth-order valence-electron chi connectivity index (χ4n) is 1.67. The van der Waals surface area contributed by atoms with E-state index in [1.165, 1.54) is 0 Å². The molecule has 7 heteroatoms. The maximum absolute atomic E-state index is 11.5. The molecule has 0 aromatic carbocycles. The summed E-state index contributed by atoms with van der Waals surface area (Å²) in [7, 11) is 1.60. The van der Waals surface area contributed by atoms with Gasteiger partial charge in [0.05, 0.1) is 0 Å². The van der Waals surface area contributed by atoms with Gasteiger partial charge in [-0.25, -0.2) is 15.8 Å². The summed E-state index contributed by atoms with van der Waals surface area (Å²) in [6, 6.07) is -0.376. The maximum Gasteiger partial charge on any atom is 0.241 e. The van der Waals surface area contributed by atoms with Crippen LogP contribution in [0.5, 0.6) is 0 Å². The van der Waals surface area contributed by atoms with Crippen LogP contribution in [0.3, 0.4) is 0 Å². The van der Waals surface area contributed by atoms with Crippen LogP contribution in [0.15, 0.2) is 0 Å². The highest BCUT2D eigenvalue weighted by Gasteiger charge is 2.15. The average Bonchev–Trinajstić information content (AvgIpc) is 2.41. The molecule has 0 fully saturated rings. The molecule has 0 saturated heterocycles. The molecule has 1 aromatic rings. The summed E-state index contributed by atoms with van der Waals surface area (Å²) in [6.45, 7) is 5.68. The second kappa shape index (κ2) is 6.89. The molecule has 1 amide bonds. The first-order valence-electron chi connectivity index (χ1n) is 6.35. The summed E-state index contributed by atoms with van der Waals surface area (Å²) >= 11 is 0. The fraction of sp³-hybridized carbons (Fsp3) is 0.583. The molecule has 0 aliphatic rings. The molecule has 1 rings (SSSR count). The zero-order chi connectivity index (χ0) is 14.4. The number of anilines is 2.